The van der Waals surface area contributed by atoms with Gasteiger partial charge in [-0.3, -0.25) is 9.59 Å². The fraction of sp³-hybridized carbons (Fsp3) is 0.474. The van der Waals surface area contributed by atoms with E-state index in [4.69, 9.17) is 9.26 Å². The summed E-state index contributed by atoms with van der Waals surface area (Å²) in [6.45, 7) is 3.72. The Balaban J connectivity index is 1.88. The number of hydrogen-bond acceptors (Lipinski definition) is 6. The first kappa shape index (κ1) is 20.4. The van der Waals surface area contributed by atoms with Gasteiger partial charge in [-0.25, -0.2) is 0 Å². The zero-order chi connectivity index (χ0) is 19.9. The van der Waals surface area contributed by atoms with Gasteiger partial charge in [0.2, 0.25) is 17.6 Å². The van der Waals surface area contributed by atoms with Crippen LogP contribution in [0.15, 0.2) is 28.8 Å². The lowest BCUT2D eigenvalue weighted by Gasteiger charge is -2.26. The SMILES string of the molecule is CCC(CC)(CNC(=O)CCc1nc(-c2ccc(OC)cc2)no1)C(=O)O. The predicted molar refractivity (Wildman–Crippen MR) is 98.3 cm³/mol. The molecule has 1 aromatic heterocycles. The van der Waals surface area contributed by atoms with Crippen molar-refractivity contribution < 1.29 is 24.0 Å². The highest BCUT2D eigenvalue weighted by Crippen LogP contribution is 2.25. The number of aryl methyl sites for hydroxylation is 1. The van der Waals surface area contributed by atoms with Crippen LogP contribution in [0.4, 0.5) is 0 Å². The summed E-state index contributed by atoms with van der Waals surface area (Å²) in [5.41, 5.74) is -0.144. The minimum atomic E-state index is -0.929. The zero-order valence-electron chi connectivity index (χ0n) is 15.8. The number of carbonyl (C=O) groups excluding carboxylic acids is 1. The standard InChI is InChI=1S/C19H25N3O5/c1-4-19(5-2,18(24)25)12-20-15(23)10-11-16-21-17(22-27-16)13-6-8-14(26-3)9-7-13/h6-9H,4-5,10-12H2,1-3H3,(H,20,23)(H,24,25). The van der Waals surface area contributed by atoms with Crippen LogP contribution in [0.5, 0.6) is 5.75 Å². The zero-order valence-corrected chi connectivity index (χ0v) is 15.8. The first-order chi connectivity index (χ1) is 12.9. The number of nitrogens with zero attached hydrogens (tertiary/aromatic N) is 2. The summed E-state index contributed by atoms with van der Waals surface area (Å²) < 4.78 is 10.3. The van der Waals surface area contributed by atoms with Crippen LogP contribution in [0.3, 0.4) is 0 Å². The van der Waals surface area contributed by atoms with E-state index in [-0.39, 0.29) is 25.3 Å². The molecule has 0 aliphatic rings. The Kier molecular flexibility index (Phi) is 6.92. The molecule has 1 heterocycles. The molecule has 0 radical (unpaired) electrons. The second kappa shape index (κ2) is 9.16. The predicted octanol–water partition coefficient (Wildman–Crippen LogP) is 2.69. The topological polar surface area (TPSA) is 115 Å². The van der Waals surface area contributed by atoms with E-state index in [2.05, 4.69) is 15.5 Å². The van der Waals surface area contributed by atoms with Crippen molar-refractivity contribution in [1.82, 2.24) is 15.5 Å². The van der Waals surface area contributed by atoms with Crippen LogP contribution in [0.2, 0.25) is 0 Å². The van der Waals surface area contributed by atoms with Crippen molar-refractivity contribution in [2.75, 3.05) is 13.7 Å². The highest BCUT2D eigenvalue weighted by Gasteiger charge is 2.35. The molecule has 0 saturated carbocycles. The van der Waals surface area contributed by atoms with Gasteiger partial charge in [0.1, 0.15) is 5.75 Å². The number of carbonyl (C=O) groups is 2. The van der Waals surface area contributed by atoms with Crippen LogP contribution < -0.4 is 10.1 Å². The van der Waals surface area contributed by atoms with Gasteiger partial charge in [0, 0.05) is 24.9 Å². The molecular weight excluding hydrogens is 350 g/mol. The van der Waals surface area contributed by atoms with Crippen LogP contribution in [-0.2, 0) is 16.0 Å². The second-order valence-electron chi connectivity index (χ2n) is 6.31. The smallest absolute Gasteiger partial charge is 0.311 e. The Labute approximate surface area is 157 Å². The van der Waals surface area contributed by atoms with Crippen molar-refractivity contribution in [2.24, 2.45) is 5.41 Å². The van der Waals surface area contributed by atoms with Crippen molar-refractivity contribution in [1.29, 1.82) is 0 Å². The maximum Gasteiger partial charge on any atom is 0.311 e. The van der Waals surface area contributed by atoms with E-state index in [1.807, 2.05) is 26.0 Å². The van der Waals surface area contributed by atoms with Gasteiger partial charge < -0.3 is 19.7 Å². The number of hydrogen-bond donors (Lipinski definition) is 2. The molecule has 0 spiro atoms. The molecule has 2 rings (SSSR count). The van der Waals surface area contributed by atoms with Crippen molar-refractivity contribution >= 4 is 11.9 Å². The van der Waals surface area contributed by atoms with Gasteiger partial charge in [-0.2, -0.15) is 4.98 Å². The lowest BCUT2D eigenvalue weighted by atomic mass is 9.82. The number of aliphatic carboxylic acids is 1. The number of nitrogens with one attached hydrogen (secondary N) is 1. The number of methoxy groups -OCH3 is 1. The van der Waals surface area contributed by atoms with Crippen molar-refractivity contribution in [3.8, 4) is 17.1 Å². The molecule has 1 aromatic carbocycles. The first-order valence-corrected chi connectivity index (χ1v) is 8.91. The molecule has 0 bridgehead atoms. The average Bonchev–Trinajstić information content (AvgIpc) is 3.16. The van der Waals surface area contributed by atoms with E-state index in [0.29, 0.717) is 24.6 Å². The van der Waals surface area contributed by atoms with Gasteiger partial charge in [-0.05, 0) is 37.1 Å². The monoisotopic (exact) mass is 375 g/mol. The summed E-state index contributed by atoms with van der Waals surface area (Å²) in [6.07, 6.45) is 1.34. The fourth-order valence-electron chi connectivity index (χ4n) is 2.67. The number of benzene rings is 1. The highest BCUT2D eigenvalue weighted by molar-refractivity contribution is 5.79. The van der Waals surface area contributed by atoms with Crippen LogP contribution in [0, 0.1) is 5.41 Å². The van der Waals surface area contributed by atoms with E-state index < -0.39 is 11.4 Å². The summed E-state index contributed by atoms with van der Waals surface area (Å²) in [5.74, 6) is 0.387. The highest BCUT2D eigenvalue weighted by atomic mass is 16.5. The minimum absolute atomic E-state index is 0.106. The van der Waals surface area contributed by atoms with E-state index in [9.17, 15) is 14.7 Å². The summed E-state index contributed by atoms with van der Waals surface area (Å²) in [7, 11) is 1.59. The molecule has 8 heteroatoms. The molecule has 1 amide bonds. The Morgan fingerprint density at radius 2 is 1.89 bits per heavy atom. The molecule has 2 N–H and O–H groups in total. The Morgan fingerprint density at radius 1 is 1.22 bits per heavy atom. The molecule has 2 aromatic rings. The average molecular weight is 375 g/mol. The molecule has 8 nitrogen and oxygen atoms in total. The molecule has 0 aliphatic heterocycles. The van der Waals surface area contributed by atoms with Crippen molar-refractivity contribution in [3.05, 3.63) is 30.2 Å². The number of rotatable bonds is 10. The van der Waals surface area contributed by atoms with Crippen LogP contribution >= 0.6 is 0 Å². The van der Waals surface area contributed by atoms with Crippen LogP contribution in [0.1, 0.15) is 39.0 Å². The second-order valence-corrected chi connectivity index (χ2v) is 6.31. The number of carboxylic acids is 1. The minimum Gasteiger partial charge on any atom is -0.497 e. The van der Waals surface area contributed by atoms with E-state index in [1.54, 1.807) is 19.2 Å². The van der Waals surface area contributed by atoms with E-state index >= 15 is 0 Å². The summed E-state index contributed by atoms with van der Waals surface area (Å²) in [5, 5.41) is 16.0. The van der Waals surface area contributed by atoms with E-state index in [1.165, 1.54) is 0 Å². The third-order valence-corrected chi connectivity index (χ3v) is 4.81. The van der Waals surface area contributed by atoms with Gasteiger partial charge in [-0.1, -0.05) is 19.0 Å². The van der Waals surface area contributed by atoms with Gasteiger partial charge in [0.05, 0.1) is 12.5 Å². The molecule has 0 aliphatic carbocycles. The normalized spacial score (nSPS) is 11.2. The summed E-state index contributed by atoms with van der Waals surface area (Å²) in [4.78, 5) is 27.8. The summed E-state index contributed by atoms with van der Waals surface area (Å²) in [6, 6.07) is 7.24. The Morgan fingerprint density at radius 3 is 2.44 bits per heavy atom. The lowest BCUT2D eigenvalue weighted by Crippen LogP contribution is -2.42. The molecule has 0 atom stereocenters. The fourth-order valence-corrected chi connectivity index (χ4v) is 2.67. The number of amides is 1. The van der Waals surface area contributed by atoms with Crippen molar-refractivity contribution in [2.45, 2.75) is 39.5 Å². The quantitative estimate of drug-likeness (QED) is 0.656. The maximum absolute atomic E-state index is 12.1. The largest absolute Gasteiger partial charge is 0.497 e. The van der Waals surface area contributed by atoms with Crippen molar-refractivity contribution in [3.63, 3.8) is 0 Å². The molecule has 146 valence electrons. The molecule has 0 saturated heterocycles. The van der Waals surface area contributed by atoms with E-state index in [0.717, 1.165) is 11.3 Å². The molecule has 27 heavy (non-hydrogen) atoms. The number of aromatic nitrogens is 2. The van der Waals surface area contributed by atoms with Crippen LogP contribution in [-0.4, -0.2) is 40.8 Å². The Hall–Kier alpha value is -2.90. The maximum atomic E-state index is 12.1. The molecule has 0 fully saturated rings. The third kappa shape index (κ3) is 5.06. The van der Waals surface area contributed by atoms with Gasteiger partial charge in [-0.15, -0.1) is 0 Å². The Bertz CT molecular complexity index is 766. The summed E-state index contributed by atoms with van der Waals surface area (Å²) >= 11 is 0. The van der Waals surface area contributed by atoms with Gasteiger partial charge in [0.15, 0.2) is 0 Å². The number of carboxylic acid groups (broad SMARTS) is 1. The molecular formula is C19H25N3O5. The lowest BCUT2D eigenvalue weighted by molar-refractivity contribution is -0.149. The number of ether oxygens (including phenoxy) is 1. The van der Waals surface area contributed by atoms with Gasteiger partial charge in [0.25, 0.3) is 0 Å². The third-order valence-electron chi connectivity index (χ3n) is 4.81. The molecule has 0 unspecified atom stereocenters. The first-order valence-electron chi connectivity index (χ1n) is 8.91. The van der Waals surface area contributed by atoms with Gasteiger partial charge >= 0.3 is 5.97 Å². The van der Waals surface area contributed by atoms with Crippen LogP contribution in [0.25, 0.3) is 11.4 Å².